The molecule has 0 bridgehead atoms. The van der Waals surface area contributed by atoms with E-state index in [-0.39, 0.29) is 11.2 Å². The van der Waals surface area contributed by atoms with E-state index in [1.807, 2.05) is 0 Å². The maximum atomic E-state index is 6.45. The van der Waals surface area contributed by atoms with Gasteiger partial charge in [-0.3, -0.25) is 0 Å². The van der Waals surface area contributed by atoms with Gasteiger partial charge in [-0.2, -0.15) is 0 Å². The third-order valence-electron chi connectivity index (χ3n) is 4.44. The highest BCUT2D eigenvalue weighted by atomic mass is 16.5. The Morgan fingerprint density at radius 2 is 2.00 bits per heavy atom. The SMILES string of the molecule is CCCC1CCCC2(CC1)CNCC(C)(C)O2. The van der Waals surface area contributed by atoms with E-state index in [2.05, 4.69) is 26.1 Å². The standard InChI is InChI=1S/C15H29NO/c1-4-6-13-7-5-9-15(10-8-13)12-16-11-14(2,3)17-15/h13,16H,4-12H2,1-3H3. The van der Waals surface area contributed by atoms with E-state index in [9.17, 15) is 0 Å². The molecular weight excluding hydrogens is 210 g/mol. The Bertz CT molecular complexity index is 251. The van der Waals surface area contributed by atoms with Crippen LogP contribution in [-0.2, 0) is 4.74 Å². The maximum Gasteiger partial charge on any atom is 0.0814 e. The van der Waals surface area contributed by atoms with Crippen molar-refractivity contribution in [3.8, 4) is 0 Å². The molecule has 2 fully saturated rings. The van der Waals surface area contributed by atoms with Crippen LogP contribution in [0.3, 0.4) is 0 Å². The molecule has 0 amide bonds. The molecule has 1 aliphatic heterocycles. The number of morpholine rings is 1. The summed E-state index contributed by atoms with van der Waals surface area (Å²) in [5.74, 6) is 0.952. The molecule has 100 valence electrons. The minimum atomic E-state index is 0.0167. The van der Waals surface area contributed by atoms with Crippen molar-refractivity contribution >= 4 is 0 Å². The lowest BCUT2D eigenvalue weighted by atomic mass is 9.89. The van der Waals surface area contributed by atoms with E-state index in [4.69, 9.17) is 4.74 Å². The Hall–Kier alpha value is -0.0800. The fourth-order valence-corrected chi connectivity index (χ4v) is 3.67. The minimum absolute atomic E-state index is 0.0167. The summed E-state index contributed by atoms with van der Waals surface area (Å²) < 4.78 is 6.45. The van der Waals surface area contributed by atoms with Crippen molar-refractivity contribution in [3.05, 3.63) is 0 Å². The molecule has 1 N–H and O–H groups in total. The predicted molar refractivity (Wildman–Crippen MR) is 72.2 cm³/mol. The summed E-state index contributed by atoms with van der Waals surface area (Å²) in [4.78, 5) is 0. The number of hydrogen-bond donors (Lipinski definition) is 1. The van der Waals surface area contributed by atoms with Gasteiger partial charge in [0.15, 0.2) is 0 Å². The van der Waals surface area contributed by atoms with Gasteiger partial charge < -0.3 is 10.1 Å². The molecule has 0 aromatic heterocycles. The van der Waals surface area contributed by atoms with E-state index in [1.54, 1.807) is 0 Å². The molecule has 1 saturated heterocycles. The van der Waals surface area contributed by atoms with Crippen molar-refractivity contribution < 1.29 is 4.74 Å². The minimum Gasteiger partial charge on any atom is -0.366 e. The van der Waals surface area contributed by atoms with Crippen LogP contribution in [0.1, 0.15) is 65.7 Å². The molecule has 2 aliphatic rings. The monoisotopic (exact) mass is 239 g/mol. The van der Waals surface area contributed by atoms with Crippen LogP contribution in [0.25, 0.3) is 0 Å². The van der Waals surface area contributed by atoms with Crippen LogP contribution in [0.15, 0.2) is 0 Å². The van der Waals surface area contributed by atoms with Crippen LogP contribution in [0.5, 0.6) is 0 Å². The first-order valence-electron chi connectivity index (χ1n) is 7.46. The van der Waals surface area contributed by atoms with Crippen LogP contribution in [-0.4, -0.2) is 24.3 Å². The molecule has 1 spiro atoms. The summed E-state index contributed by atoms with van der Waals surface area (Å²) in [5, 5.41) is 3.59. The zero-order chi connectivity index (χ0) is 12.4. The summed E-state index contributed by atoms with van der Waals surface area (Å²) in [6.45, 7) is 8.80. The van der Waals surface area contributed by atoms with E-state index >= 15 is 0 Å². The van der Waals surface area contributed by atoms with Crippen molar-refractivity contribution in [2.45, 2.75) is 76.9 Å². The summed E-state index contributed by atoms with van der Waals surface area (Å²) in [5.41, 5.74) is 0.160. The molecule has 2 atom stereocenters. The summed E-state index contributed by atoms with van der Waals surface area (Å²) in [7, 11) is 0. The predicted octanol–water partition coefficient (Wildman–Crippen LogP) is 3.50. The molecule has 2 rings (SSSR count). The van der Waals surface area contributed by atoms with Crippen LogP contribution < -0.4 is 5.32 Å². The first-order chi connectivity index (χ1) is 8.05. The van der Waals surface area contributed by atoms with Gasteiger partial charge in [0.2, 0.25) is 0 Å². The van der Waals surface area contributed by atoms with E-state index in [0.717, 1.165) is 19.0 Å². The molecule has 2 heteroatoms. The molecular formula is C15H29NO. The van der Waals surface area contributed by atoms with Crippen molar-refractivity contribution in [2.24, 2.45) is 5.92 Å². The number of hydrogen-bond acceptors (Lipinski definition) is 2. The van der Waals surface area contributed by atoms with Gasteiger partial charge in [-0.15, -0.1) is 0 Å². The van der Waals surface area contributed by atoms with Gasteiger partial charge in [-0.1, -0.05) is 32.6 Å². The van der Waals surface area contributed by atoms with Gasteiger partial charge in [0, 0.05) is 13.1 Å². The van der Waals surface area contributed by atoms with Gasteiger partial charge in [-0.05, 0) is 39.0 Å². The lowest BCUT2D eigenvalue weighted by Gasteiger charge is -2.45. The topological polar surface area (TPSA) is 21.3 Å². The normalized spacial score (nSPS) is 37.9. The average molecular weight is 239 g/mol. The molecule has 1 aliphatic carbocycles. The Balaban J connectivity index is 1.96. The maximum absolute atomic E-state index is 6.45. The fourth-order valence-electron chi connectivity index (χ4n) is 3.67. The van der Waals surface area contributed by atoms with E-state index < -0.39 is 0 Å². The van der Waals surface area contributed by atoms with Gasteiger partial charge >= 0.3 is 0 Å². The second-order valence-corrected chi connectivity index (χ2v) is 6.73. The van der Waals surface area contributed by atoms with Crippen LogP contribution in [0, 0.1) is 5.92 Å². The third kappa shape index (κ3) is 3.45. The number of ether oxygens (including phenoxy) is 1. The second kappa shape index (κ2) is 5.27. The molecule has 2 unspecified atom stereocenters. The zero-order valence-corrected chi connectivity index (χ0v) is 11.8. The summed E-state index contributed by atoms with van der Waals surface area (Å²) in [6.07, 6.45) is 9.39. The largest absolute Gasteiger partial charge is 0.366 e. The second-order valence-electron chi connectivity index (χ2n) is 6.73. The summed E-state index contributed by atoms with van der Waals surface area (Å²) in [6, 6.07) is 0. The molecule has 2 nitrogen and oxygen atoms in total. The lowest BCUT2D eigenvalue weighted by molar-refractivity contribution is -0.167. The van der Waals surface area contributed by atoms with Crippen LogP contribution >= 0.6 is 0 Å². The van der Waals surface area contributed by atoms with E-state index in [0.29, 0.717) is 0 Å². The highest BCUT2D eigenvalue weighted by molar-refractivity contribution is 4.94. The first kappa shape index (κ1) is 13.4. The van der Waals surface area contributed by atoms with Gasteiger partial charge in [0.1, 0.15) is 0 Å². The van der Waals surface area contributed by atoms with Crippen LogP contribution in [0.4, 0.5) is 0 Å². The molecule has 1 saturated carbocycles. The number of nitrogens with one attached hydrogen (secondary N) is 1. The zero-order valence-electron chi connectivity index (χ0n) is 11.8. The Kier molecular flexibility index (Phi) is 4.14. The quantitative estimate of drug-likeness (QED) is 0.796. The molecule has 1 heterocycles. The van der Waals surface area contributed by atoms with Gasteiger partial charge in [-0.25, -0.2) is 0 Å². The fraction of sp³-hybridized carbons (Fsp3) is 1.00. The van der Waals surface area contributed by atoms with Gasteiger partial charge in [0.25, 0.3) is 0 Å². The average Bonchev–Trinajstić information content (AvgIpc) is 2.41. The highest BCUT2D eigenvalue weighted by Gasteiger charge is 2.41. The number of rotatable bonds is 2. The van der Waals surface area contributed by atoms with Gasteiger partial charge in [0.05, 0.1) is 11.2 Å². The molecule has 0 radical (unpaired) electrons. The Morgan fingerprint density at radius 3 is 2.71 bits per heavy atom. The molecule has 17 heavy (non-hydrogen) atoms. The van der Waals surface area contributed by atoms with Crippen LogP contribution in [0.2, 0.25) is 0 Å². The Morgan fingerprint density at radius 1 is 1.18 bits per heavy atom. The van der Waals surface area contributed by atoms with Crippen molar-refractivity contribution in [2.75, 3.05) is 13.1 Å². The highest BCUT2D eigenvalue weighted by Crippen LogP contribution is 2.38. The first-order valence-corrected chi connectivity index (χ1v) is 7.46. The van der Waals surface area contributed by atoms with Crippen molar-refractivity contribution in [3.63, 3.8) is 0 Å². The summed E-state index contributed by atoms with van der Waals surface area (Å²) >= 11 is 0. The third-order valence-corrected chi connectivity index (χ3v) is 4.44. The smallest absolute Gasteiger partial charge is 0.0814 e. The lowest BCUT2D eigenvalue weighted by Crippen LogP contribution is -2.57. The van der Waals surface area contributed by atoms with Crippen molar-refractivity contribution in [1.82, 2.24) is 5.32 Å². The Labute approximate surface area is 107 Å². The molecule has 0 aromatic rings. The van der Waals surface area contributed by atoms with E-state index in [1.165, 1.54) is 44.9 Å². The molecule has 0 aromatic carbocycles. The van der Waals surface area contributed by atoms with Crippen molar-refractivity contribution in [1.29, 1.82) is 0 Å².